The Balaban J connectivity index is 2.45. The van der Waals surface area contributed by atoms with Gasteiger partial charge in [0, 0.05) is 17.4 Å². The van der Waals surface area contributed by atoms with Crippen LogP contribution in [-0.2, 0) is 11.2 Å². The lowest BCUT2D eigenvalue weighted by Crippen LogP contribution is -1.97. The van der Waals surface area contributed by atoms with Crippen LogP contribution in [0, 0.1) is 13.8 Å². The highest BCUT2D eigenvalue weighted by molar-refractivity contribution is 5.83. The lowest BCUT2D eigenvalue weighted by atomic mass is 10.0. The minimum atomic E-state index is -0.776. The molecule has 0 saturated heterocycles. The van der Waals surface area contributed by atoms with Crippen LogP contribution in [-0.4, -0.2) is 11.1 Å². The molecule has 0 saturated carbocycles. The number of carboxylic acid groups (broad SMARTS) is 1. The topological polar surface area (TPSA) is 50.4 Å². The summed E-state index contributed by atoms with van der Waals surface area (Å²) in [6.07, 6.45) is 0.668. The Morgan fingerprint density at radius 1 is 1.38 bits per heavy atom. The molecule has 3 nitrogen and oxygen atoms in total. The van der Waals surface area contributed by atoms with Crippen LogP contribution < -0.4 is 0 Å². The number of aliphatic carboxylic acids is 1. The van der Waals surface area contributed by atoms with E-state index in [1.165, 1.54) is 0 Å². The number of furan rings is 1. The van der Waals surface area contributed by atoms with Crippen LogP contribution in [0.2, 0.25) is 0 Å². The summed E-state index contributed by atoms with van der Waals surface area (Å²) in [5.74, 6) is 0.0447. The Hall–Kier alpha value is -1.77. The number of carboxylic acids is 1. The SMILES string of the molecule is Cc1ccc2oc(C)c(CCC(=O)O)c2c1. The number of aryl methyl sites for hydroxylation is 3. The first-order chi connectivity index (χ1) is 7.58. The molecule has 0 aliphatic heterocycles. The van der Waals surface area contributed by atoms with Crippen LogP contribution in [0.25, 0.3) is 11.0 Å². The molecule has 2 aromatic rings. The molecule has 0 fully saturated rings. The van der Waals surface area contributed by atoms with Gasteiger partial charge in [0.15, 0.2) is 0 Å². The Bertz CT molecular complexity index is 537. The Labute approximate surface area is 93.7 Å². The van der Waals surface area contributed by atoms with Gasteiger partial charge in [-0.15, -0.1) is 0 Å². The van der Waals surface area contributed by atoms with E-state index in [4.69, 9.17) is 9.52 Å². The summed E-state index contributed by atoms with van der Waals surface area (Å²) in [5, 5.41) is 9.74. The zero-order valence-electron chi connectivity index (χ0n) is 9.41. The van der Waals surface area contributed by atoms with Crippen LogP contribution in [0.1, 0.15) is 23.3 Å². The summed E-state index contributed by atoms with van der Waals surface area (Å²) in [6.45, 7) is 3.90. The van der Waals surface area contributed by atoms with Crippen molar-refractivity contribution in [1.82, 2.24) is 0 Å². The third-order valence-corrected chi connectivity index (χ3v) is 2.74. The van der Waals surface area contributed by atoms with Crippen LogP contribution in [0.3, 0.4) is 0 Å². The summed E-state index contributed by atoms with van der Waals surface area (Å²) in [5.41, 5.74) is 3.01. The number of hydrogen-bond donors (Lipinski definition) is 1. The normalized spacial score (nSPS) is 10.9. The zero-order valence-corrected chi connectivity index (χ0v) is 9.41. The van der Waals surface area contributed by atoms with Crippen molar-refractivity contribution in [2.45, 2.75) is 26.7 Å². The number of rotatable bonds is 3. The highest BCUT2D eigenvalue weighted by Gasteiger charge is 2.11. The fourth-order valence-corrected chi connectivity index (χ4v) is 1.93. The van der Waals surface area contributed by atoms with Crippen LogP contribution in [0.15, 0.2) is 22.6 Å². The average molecular weight is 218 g/mol. The first-order valence-corrected chi connectivity index (χ1v) is 5.28. The van der Waals surface area contributed by atoms with Crippen molar-refractivity contribution in [3.05, 3.63) is 35.1 Å². The van der Waals surface area contributed by atoms with Gasteiger partial charge in [-0.1, -0.05) is 11.6 Å². The minimum absolute atomic E-state index is 0.142. The molecule has 0 amide bonds. The van der Waals surface area contributed by atoms with Gasteiger partial charge in [0.2, 0.25) is 0 Å². The van der Waals surface area contributed by atoms with Gasteiger partial charge in [-0.25, -0.2) is 0 Å². The Kier molecular flexibility index (Phi) is 2.69. The van der Waals surface area contributed by atoms with E-state index in [1.54, 1.807) is 0 Å². The van der Waals surface area contributed by atoms with Crippen molar-refractivity contribution in [2.24, 2.45) is 0 Å². The summed E-state index contributed by atoms with van der Waals surface area (Å²) in [4.78, 5) is 10.6. The van der Waals surface area contributed by atoms with Crippen molar-refractivity contribution < 1.29 is 14.3 Å². The molecule has 0 aliphatic rings. The molecule has 0 atom stereocenters. The summed E-state index contributed by atoms with van der Waals surface area (Å²) >= 11 is 0. The number of benzene rings is 1. The summed E-state index contributed by atoms with van der Waals surface area (Å²) in [7, 11) is 0. The molecule has 3 heteroatoms. The van der Waals surface area contributed by atoms with Crippen LogP contribution in [0.5, 0.6) is 0 Å². The van der Waals surface area contributed by atoms with Crippen molar-refractivity contribution in [3.63, 3.8) is 0 Å². The van der Waals surface area contributed by atoms with Crippen molar-refractivity contribution in [3.8, 4) is 0 Å². The van der Waals surface area contributed by atoms with E-state index >= 15 is 0 Å². The Morgan fingerprint density at radius 2 is 2.12 bits per heavy atom. The average Bonchev–Trinajstić information content (AvgIpc) is 2.51. The molecule has 84 valence electrons. The number of carbonyl (C=O) groups is 1. The molecule has 2 rings (SSSR count). The Morgan fingerprint density at radius 3 is 2.81 bits per heavy atom. The van der Waals surface area contributed by atoms with E-state index in [0.717, 1.165) is 27.9 Å². The predicted molar refractivity (Wildman–Crippen MR) is 61.6 cm³/mol. The van der Waals surface area contributed by atoms with Gasteiger partial charge in [-0.2, -0.15) is 0 Å². The van der Waals surface area contributed by atoms with Gasteiger partial charge in [0.25, 0.3) is 0 Å². The molecular weight excluding hydrogens is 204 g/mol. The van der Waals surface area contributed by atoms with E-state index in [0.29, 0.717) is 6.42 Å². The molecule has 0 spiro atoms. The van der Waals surface area contributed by atoms with Gasteiger partial charge >= 0.3 is 5.97 Å². The van der Waals surface area contributed by atoms with E-state index in [-0.39, 0.29) is 6.42 Å². The van der Waals surface area contributed by atoms with Crippen LogP contribution in [0.4, 0.5) is 0 Å². The molecule has 0 aliphatic carbocycles. The van der Waals surface area contributed by atoms with Crippen LogP contribution >= 0.6 is 0 Å². The molecule has 1 aromatic carbocycles. The fraction of sp³-hybridized carbons (Fsp3) is 0.308. The standard InChI is InChI=1S/C13H14O3/c1-8-3-5-12-11(7-8)10(9(2)16-12)4-6-13(14)15/h3,5,7H,4,6H2,1-2H3,(H,14,15). The third kappa shape index (κ3) is 1.94. The predicted octanol–water partition coefficient (Wildman–Crippen LogP) is 3.07. The van der Waals surface area contributed by atoms with Gasteiger partial charge in [0.05, 0.1) is 0 Å². The second-order valence-corrected chi connectivity index (χ2v) is 4.03. The molecule has 1 heterocycles. The van der Waals surface area contributed by atoms with Crippen molar-refractivity contribution >= 4 is 16.9 Å². The van der Waals surface area contributed by atoms with Gasteiger partial charge < -0.3 is 9.52 Å². The highest BCUT2D eigenvalue weighted by Crippen LogP contribution is 2.27. The fourth-order valence-electron chi connectivity index (χ4n) is 1.93. The molecule has 0 radical (unpaired) electrons. The second-order valence-electron chi connectivity index (χ2n) is 4.03. The van der Waals surface area contributed by atoms with E-state index in [1.807, 2.05) is 32.0 Å². The van der Waals surface area contributed by atoms with E-state index in [9.17, 15) is 4.79 Å². The van der Waals surface area contributed by atoms with Gasteiger partial charge in [0.1, 0.15) is 11.3 Å². The maximum absolute atomic E-state index is 10.6. The molecular formula is C13H14O3. The largest absolute Gasteiger partial charge is 0.481 e. The lowest BCUT2D eigenvalue weighted by molar-refractivity contribution is -0.136. The lowest BCUT2D eigenvalue weighted by Gasteiger charge is -1.97. The monoisotopic (exact) mass is 218 g/mol. The van der Waals surface area contributed by atoms with E-state index < -0.39 is 5.97 Å². The molecule has 0 unspecified atom stereocenters. The maximum Gasteiger partial charge on any atom is 0.303 e. The van der Waals surface area contributed by atoms with Gasteiger partial charge in [-0.05, 0) is 32.4 Å². The first kappa shape index (κ1) is 10.7. The van der Waals surface area contributed by atoms with Crippen molar-refractivity contribution in [2.75, 3.05) is 0 Å². The van der Waals surface area contributed by atoms with Crippen molar-refractivity contribution in [1.29, 1.82) is 0 Å². The second kappa shape index (κ2) is 4.00. The van der Waals surface area contributed by atoms with E-state index in [2.05, 4.69) is 0 Å². The number of hydrogen-bond acceptors (Lipinski definition) is 2. The smallest absolute Gasteiger partial charge is 0.303 e. The minimum Gasteiger partial charge on any atom is -0.481 e. The molecule has 0 bridgehead atoms. The molecule has 1 N–H and O–H groups in total. The maximum atomic E-state index is 10.6. The molecule has 16 heavy (non-hydrogen) atoms. The third-order valence-electron chi connectivity index (χ3n) is 2.74. The summed E-state index contributed by atoms with van der Waals surface area (Å²) < 4.78 is 5.59. The summed E-state index contributed by atoms with van der Waals surface area (Å²) in [6, 6.07) is 5.97. The first-order valence-electron chi connectivity index (χ1n) is 5.28. The number of fused-ring (bicyclic) bond motifs is 1. The molecule has 1 aromatic heterocycles. The zero-order chi connectivity index (χ0) is 11.7. The quantitative estimate of drug-likeness (QED) is 0.861. The highest BCUT2D eigenvalue weighted by atomic mass is 16.4. The van der Waals surface area contributed by atoms with Gasteiger partial charge in [-0.3, -0.25) is 4.79 Å².